The molecule has 2 rings (SSSR count). The molecule has 1 aromatic heterocycles. The van der Waals surface area contributed by atoms with E-state index in [9.17, 15) is 10.0 Å². The van der Waals surface area contributed by atoms with Crippen molar-refractivity contribution < 1.29 is 14.6 Å². The van der Waals surface area contributed by atoms with E-state index >= 15 is 0 Å². The number of allylic oxidation sites excluding steroid dienone is 2. The van der Waals surface area contributed by atoms with Crippen LogP contribution in [-0.2, 0) is 11.3 Å². The van der Waals surface area contributed by atoms with E-state index in [4.69, 9.17) is 5.11 Å². The van der Waals surface area contributed by atoms with Crippen molar-refractivity contribution in [1.82, 2.24) is 4.57 Å². The van der Waals surface area contributed by atoms with Crippen LogP contribution < -0.4 is 4.73 Å². The van der Waals surface area contributed by atoms with Gasteiger partial charge in [0.05, 0.1) is 5.92 Å². The summed E-state index contributed by atoms with van der Waals surface area (Å²) in [6.07, 6.45) is 6.83. The van der Waals surface area contributed by atoms with Crippen molar-refractivity contribution in [2.24, 2.45) is 0 Å². The number of aromatic nitrogens is 2. The normalized spacial score (nSPS) is 19.1. The van der Waals surface area contributed by atoms with Gasteiger partial charge in [0.25, 0.3) is 5.82 Å². The van der Waals surface area contributed by atoms with Gasteiger partial charge in [0.1, 0.15) is 11.4 Å². The highest BCUT2D eigenvalue weighted by molar-refractivity contribution is 5.66. The maximum Gasteiger partial charge on any atom is 0.346 e. The quantitative estimate of drug-likeness (QED) is 0.504. The van der Waals surface area contributed by atoms with Crippen LogP contribution in [0.15, 0.2) is 12.2 Å². The van der Waals surface area contributed by atoms with Crippen LogP contribution >= 0.6 is 0 Å². The van der Waals surface area contributed by atoms with E-state index in [2.05, 4.69) is 12.2 Å². The molecule has 0 amide bonds. The number of aliphatic carboxylic acids is 1. The van der Waals surface area contributed by atoms with Gasteiger partial charge in [0.15, 0.2) is 6.54 Å². The van der Waals surface area contributed by atoms with Gasteiger partial charge in [-0.1, -0.05) is 12.2 Å². The molecule has 0 aliphatic heterocycles. The first-order valence-corrected chi connectivity index (χ1v) is 6.18. The maximum atomic E-state index is 12.2. The second-order valence-electron chi connectivity index (χ2n) is 4.78. The molecule has 1 atom stereocenters. The van der Waals surface area contributed by atoms with Gasteiger partial charge < -0.3 is 10.3 Å². The van der Waals surface area contributed by atoms with Crippen LogP contribution in [0.5, 0.6) is 0 Å². The predicted molar refractivity (Wildman–Crippen MR) is 66.2 cm³/mol. The van der Waals surface area contributed by atoms with Crippen molar-refractivity contribution in [2.75, 3.05) is 0 Å². The van der Waals surface area contributed by atoms with Gasteiger partial charge in [0, 0.05) is 13.8 Å². The third kappa shape index (κ3) is 2.12. The molecule has 5 nitrogen and oxygen atoms in total. The minimum absolute atomic E-state index is 0.124. The Morgan fingerprint density at radius 1 is 1.56 bits per heavy atom. The van der Waals surface area contributed by atoms with E-state index in [-0.39, 0.29) is 12.5 Å². The third-order valence-electron chi connectivity index (χ3n) is 3.65. The van der Waals surface area contributed by atoms with E-state index in [0.717, 1.165) is 29.7 Å². The molecule has 0 bridgehead atoms. The van der Waals surface area contributed by atoms with Gasteiger partial charge in [-0.05, 0) is 19.3 Å². The van der Waals surface area contributed by atoms with Crippen LogP contribution in [-0.4, -0.2) is 15.6 Å². The number of rotatable bonds is 3. The molecule has 0 radical (unpaired) electrons. The molecule has 18 heavy (non-hydrogen) atoms. The monoisotopic (exact) mass is 250 g/mol. The average molecular weight is 250 g/mol. The summed E-state index contributed by atoms with van der Waals surface area (Å²) < 4.78 is 2.55. The maximum absolute atomic E-state index is 12.2. The summed E-state index contributed by atoms with van der Waals surface area (Å²) in [6.45, 7) is 3.40. The highest BCUT2D eigenvalue weighted by Crippen LogP contribution is 2.28. The number of nitrogens with zero attached hydrogens (tertiary/aromatic N) is 2. The predicted octanol–water partition coefficient (Wildman–Crippen LogP) is 1.65. The van der Waals surface area contributed by atoms with E-state index in [1.54, 1.807) is 18.4 Å². The van der Waals surface area contributed by atoms with Crippen LogP contribution in [0.2, 0.25) is 0 Å². The number of imidazole rings is 1. The van der Waals surface area contributed by atoms with Crippen LogP contribution in [0, 0.1) is 19.1 Å². The second kappa shape index (κ2) is 4.84. The van der Waals surface area contributed by atoms with E-state index < -0.39 is 5.97 Å². The number of hydrogen-bond acceptors (Lipinski definition) is 2. The Morgan fingerprint density at radius 3 is 2.83 bits per heavy atom. The Morgan fingerprint density at radius 2 is 2.28 bits per heavy atom. The summed E-state index contributed by atoms with van der Waals surface area (Å²) in [6, 6.07) is 0. The van der Waals surface area contributed by atoms with E-state index in [0.29, 0.717) is 11.5 Å². The smallest absolute Gasteiger partial charge is 0.346 e. The first-order chi connectivity index (χ1) is 8.52. The van der Waals surface area contributed by atoms with Gasteiger partial charge >= 0.3 is 5.97 Å². The van der Waals surface area contributed by atoms with Crippen LogP contribution in [0.1, 0.15) is 42.4 Å². The summed E-state index contributed by atoms with van der Waals surface area (Å²) >= 11 is 0. The fourth-order valence-electron chi connectivity index (χ4n) is 2.54. The fourth-order valence-corrected chi connectivity index (χ4v) is 2.54. The molecule has 1 heterocycles. The molecule has 0 saturated heterocycles. The van der Waals surface area contributed by atoms with E-state index in [1.165, 1.54) is 0 Å². The zero-order valence-corrected chi connectivity index (χ0v) is 10.7. The SMILES string of the molecule is Cc1c(C)[n+]([O-])c(C2CC=CCC2)n1CC(=O)O. The molecule has 1 N–H and O–H groups in total. The zero-order chi connectivity index (χ0) is 13.3. The average Bonchev–Trinajstić information content (AvgIpc) is 2.55. The molecule has 98 valence electrons. The zero-order valence-electron chi connectivity index (χ0n) is 10.7. The van der Waals surface area contributed by atoms with Crippen LogP contribution in [0.4, 0.5) is 0 Å². The lowest BCUT2D eigenvalue weighted by Crippen LogP contribution is -2.36. The van der Waals surface area contributed by atoms with Crippen molar-refractivity contribution in [1.29, 1.82) is 0 Å². The Balaban J connectivity index is 2.46. The molecule has 0 aromatic carbocycles. The Labute approximate surface area is 106 Å². The fraction of sp³-hybridized carbons (Fsp3) is 0.538. The first kappa shape index (κ1) is 12.7. The summed E-state index contributed by atoms with van der Waals surface area (Å²) in [7, 11) is 0. The number of carboxylic acid groups (broad SMARTS) is 1. The van der Waals surface area contributed by atoms with Crippen molar-refractivity contribution in [3.63, 3.8) is 0 Å². The van der Waals surface area contributed by atoms with Crippen LogP contribution in [0.25, 0.3) is 0 Å². The minimum Gasteiger partial charge on any atom is -0.711 e. The van der Waals surface area contributed by atoms with Gasteiger partial charge in [0.2, 0.25) is 0 Å². The van der Waals surface area contributed by atoms with Gasteiger partial charge in [-0.25, -0.2) is 14.1 Å². The molecular weight excluding hydrogens is 232 g/mol. The molecule has 0 saturated carbocycles. The minimum atomic E-state index is -0.915. The molecule has 0 spiro atoms. The highest BCUT2D eigenvalue weighted by Gasteiger charge is 2.30. The van der Waals surface area contributed by atoms with Gasteiger partial charge in [-0.3, -0.25) is 0 Å². The lowest BCUT2D eigenvalue weighted by Gasteiger charge is -2.17. The number of carboxylic acids is 1. The van der Waals surface area contributed by atoms with Crippen molar-refractivity contribution in [2.45, 2.75) is 45.6 Å². The first-order valence-electron chi connectivity index (χ1n) is 6.18. The highest BCUT2D eigenvalue weighted by atomic mass is 16.5. The third-order valence-corrected chi connectivity index (χ3v) is 3.65. The van der Waals surface area contributed by atoms with Crippen molar-refractivity contribution in [3.8, 4) is 0 Å². The summed E-state index contributed by atoms with van der Waals surface area (Å²) in [5.74, 6) is -0.197. The van der Waals surface area contributed by atoms with Crippen molar-refractivity contribution in [3.05, 3.63) is 34.6 Å². The summed E-state index contributed by atoms with van der Waals surface area (Å²) in [5, 5.41) is 21.1. The number of carbonyl (C=O) groups is 1. The molecule has 5 heteroatoms. The molecule has 1 aliphatic carbocycles. The largest absolute Gasteiger partial charge is 0.711 e. The molecular formula is C13H18N2O3. The topological polar surface area (TPSA) is 69.2 Å². The Hall–Kier alpha value is -1.78. The summed E-state index contributed by atoms with van der Waals surface area (Å²) in [4.78, 5) is 10.9. The lowest BCUT2D eigenvalue weighted by molar-refractivity contribution is -0.622. The second-order valence-corrected chi connectivity index (χ2v) is 4.78. The van der Waals surface area contributed by atoms with Gasteiger partial charge in [-0.2, -0.15) is 0 Å². The molecule has 1 aromatic rings. The Kier molecular flexibility index (Phi) is 3.41. The number of hydrogen-bond donors (Lipinski definition) is 1. The lowest BCUT2D eigenvalue weighted by atomic mass is 9.93. The Bertz CT molecular complexity index is 503. The molecule has 1 aliphatic rings. The molecule has 1 unspecified atom stereocenters. The van der Waals surface area contributed by atoms with Crippen LogP contribution in [0.3, 0.4) is 0 Å². The molecule has 0 fully saturated rings. The van der Waals surface area contributed by atoms with Gasteiger partial charge in [-0.15, -0.1) is 0 Å². The summed E-state index contributed by atoms with van der Waals surface area (Å²) in [5.41, 5.74) is 1.35. The standard InChI is InChI=1S/C13H18N2O3/c1-9-10(2)15(18)13(14(9)8-12(16)17)11-6-4-3-5-7-11/h3-4,11H,5-8H2,1-2H3,(H,16,17). The van der Waals surface area contributed by atoms with Crippen molar-refractivity contribution >= 4 is 5.97 Å². The van der Waals surface area contributed by atoms with E-state index in [1.807, 2.05) is 0 Å².